The summed E-state index contributed by atoms with van der Waals surface area (Å²) < 4.78 is 41.2. The minimum Gasteiger partial charge on any atom is -0.486 e. The van der Waals surface area contributed by atoms with E-state index in [1.54, 1.807) is 6.07 Å². The van der Waals surface area contributed by atoms with Crippen LogP contribution in [0.25, 0.3) is 0 Å². The Kier molecular flexibility index (Phi) is 5.86. The molecular formula is C24H28O8S. The van der Waals surface area contributed by atoms with E-state index in [2.05, 4.69) is 0 Å². The van der Waals surface area contributed by atoms with Crippen molar-refractivity contribution in [1.82, 2.24) is 0 Å². The van der Waals surface area contributed by atoms with Crippen LogP contribution in [0, 0.1) is 0 Å². The molecule has 8 nitrogen and oxygen atoms in total. The summed E-state index contributed by atoms with van der Waals surface area (Å²) in [6.07, 6.45) is -2.16. The Morgan fingerprint density at radius 2 is 1.64 bits per heavy atom. The van der Waals surface area contributed by atoms with Gasteiger partial charge in [0.05, 0.1) is 0 Å². The fourth-order valence-corrected chi connectivity index (χ4v) is 5.63. The molecule has 2 aliphatic heterocycles. The molecule has 0 aromatic heterocycles. The molecule has 5 atom stereocenters. The minimum absolute atomic E-state index is 0.472. The van der Waals surface area contributed by atoms with Crippen LogP contribution in [0.5, 0.6) is 11.5 Å². The summed E-state index contributed by atoms with van der Waals surface area (Å²) in [5, 5.41) is 31.0. The molecule has 1 saturated heterocycles. The third kappa shape index (κ3) is 4.48. The Hall–Kier alpha value is -2.17. The number of sulfone groups is 1. The van der Waals surface area contributed by atoms with Gasteiger partial charge in [0.2, 0.25) is 0 Å². The van der Waals surface area contributed by atoms with E-state index < -0.39 is 39.7 Å². The van der Waals surface area contributed by atoms with E-state index in [9.17, 15) is 23.7 Å². The van der Waals surface area contributed by atoms with Crippen LogP contribution in [0.2, 0.25) is 0 Å². The highest BCUT2D eigenvalue weighted by molar-refractivity contribution is 7.91. The summed E-state index contributed by atoms with van der Waals surface area (Å²) in [4.78, 5) is 0. The second kappa shape index (κ2) is 8.56. The van der Waals surface area contributed by atoms with Crippen molar-refractivity contribution in [3.8, 4) is 11.5 Å². The Labute approximate surface area is 192 Å². The van der Waals surface area contributed by atoms with Gasteiger partial charge in [0.1, 0.15) is 37.6 Å². The van der Waals surface area contributed by atoms with Crippen molar-refractivity contribution in [1.29, 1.82) is 0 Å². The van der Waals surface area contributed by atoms with Crippen molar-refractivity contribution >= 4 is 9.84 Å². The molecular weight excluding hydrogens is 448 g/mol. The number of aliphatic hydroxyl groups excluding tert-OH is 3. The van der Waals surface area contributed by atoms with E-state index in [0.29, 0.717) is 36.9 Å². The quantitative estimate of drug-likeness (QED) is 0.593. The Balaban J connectivity index is 1.48. The lowest BCUT2D eigenvalue weighted by Crippen LogP contribution is -2.56. The smallest absolute Gasteiger partial charge is 0.187 e. The van der Waals surface area contributed by atoms with E-state index in [0.717, 1.165) is 36.0 Å². The first-order chi connectivity index (χ1) is 15.7. The van der Waals surface area contributed by atoms with Crippen LogP contribution < -0.4 is 9.47 Å². The van der Waals surface area contributed by atoms with Gasteiger partial charge in [-0.1, -0.05) is 24.3 Å². The number of hydrogen-bond donors (Lipinski definition) is 3. The molecule has 33 heavy (non-hydrogen) atoms. The number of rotatable bonds is 5. The van der Waals surface area contributed by atoms with Crippen LogP contribution >= 0.6 is 0 Å². The molecule has 2 heterocycles. The fourth-order valence-electron chi connectivity index (χ4n) is 4.64. The summed E-state index contributed by atoms with van der Waals surface area (Å²) >= 11 is 0. The molecule has 178 valence electrons. The summed E-state index contributed by atoms with van der Waals surface area (Å²) in [5.74, 6) is 1.90. The first-order valence-electron chi connectivity index (χ1n) is 11.1. The van der Waals surface area contributed by atoms with Crippen LogP contribution in [0.4, 0.5) is 0 Å². The Morgan fingerprint density at radius 3 is 2.33 bits per heavy atom. The maximum atomic E-state index is 12.1. The van der Waals surface area contributed by atoms with Crippen molar-refractivity contribution in [3.63, 3.8) is 0 Å². The van der Waals surface area contributed by atoms with Gasteiger partial charge in [0.15, 0.2) is 26.8 Å². The molecule has 1 saturated carbocycles. The molecule has 9 heteroatoms. The molecule has 0 spiro atoms. The lowest BCUT2D eigenvalue weighted by atomic mass is 9.89. The predicted molar refractivity (Wildman–Crippen MR) is 119 cm³/mol. The van der Waals surface area contributed by atoms with E-state index in [1.165, 1.54) is 5.56 Å². The normalized spacial score (nSPS) is 29.6. The highest BCUT2D eigenvalue weighted by atomic mass is 32.2. The Bertz CT molecular complexity index is 1140. The first-order valence-corrected chi connectivity index (χ1v) is 13.1. The third-order valence-electron chi connectivity index (χ3n) is 6.51. The van der Waals surface area contributed by atoms with Crippen molar-refractivity contribution in [2.45, 2.75) is 55.0 Å². The SMILES string of the molecule is CS(=O)(=O)[C@H]1O[C@@H](c2ccc(C3CC3)c(Cc3ccc4c(c3)OCCO4)c2)[C@H](O)[C@@H](O)[C@@H]1O. The zero-order valence-corrected chi connectivity index (χ0v) is 19.1. The summed E-state index contributed by atoms with van der Waals surface area (Å²) in [6, 6.07) is 11.5. The average Bonchev–Trinajstić information content (AvgIpc) is 3.62. The molecule has 3 aliphatic rings. The van der Waals surface area contributed by atoms with Crippen LogP contribution in [-0.2, 0) is 21.0 Å². The van der Waals surface area contributed by atoms with Gasteiger partial charge >= 0.3 is 0 Å². The maximum Gasteiger partial charge on any atom is 0.187 e. The second-order valence-electron chi connectivity index (χ2n) is 9.11. The molecule has 5 rings (SSSR count). The van der Waals surface area contributed by atoms with Gasteiger partial charge in [0.25, 0.3) is 0 Å². The molecule has 1 aliphatic carbocycles. The number of hydrogen-bond acceptors (Lipinski definition) is 8. The van der Waals surface area contributed by atoms with Gasteiger partial charge in [-0.25, -0.2) is 8.42 Å². The average molecular weight is 477 g/mol. The summed E-state index contributed by atoms with van der Waals surface area (Å²) in [5.41, 5.74) is 2.22. The van der Waals surface area contributed by atoms with E-state index in [-0.39, 0.29) is 0 Å². The Morgan fingerprint density at radius 1 is 0.909 bits per heavy atom. The lowest BCUT2D eigenvalue weighted by Gasteiger charge is -2.40. The minimum atomic E-state index is -3.82. The summed E-state index contributed by atoms with van der Waals surface area (Å²) in [6.45, 7) is 1.03. The van der Waals surface area contributed by atoms with Gasteiger partial charge in [-0.05, 0) is 59.6 Å². The van der Waals surface area contributed by atoms with Crippen molar-refractivity contribution in [2.24, 2.45) is 0 Å². The fraction of sp³-hybridized carbons (Fsp3) is 0.500. The standard InChI is InChI=1S/C24H28O8S/c1-33(28,29)24-22(27)20(25)21(26)23(32-24)15-5-6-17(14-3-4-14)16(12-15)10-13-2-7-18-19(11-13)31-9-8-30-18/h2,5-7,11-12,14,20-27H,3-4,8-10H2,1H3/t20-,21-,22+,23+,24-/m1/s1. The summed E-state index contributed by atoms with van der Waals surface area (Å²) in [7, 11) is -3.82. The van der Waals surface area contributed by atoms with Gasteiger partial charge in [-0.15, -0.1) is 0 Å². The largest absolute Gasteiger partial charge is 0.486 e. The zero-order chi connectivity index (χ0) is 23.3. The van der Waals surface area contributed by atoms with Crippen LogP contribution in [0.3, 0.4) is 0 Å². The monoisotopic (exact) mass is 476 g/mol. The van der Waals surface area contributed by atoms with Gasteiger partial charge < -0.3 is 29.5 Å². The molecule has 3 N–H and O–H groups in total. The molecule has 0 bridgehead atoms. The highest BCUT2D eigenvalue weighted by Crippen LogP contribution is 2.44. The molecule has 2 aromatic carbocycles. The number of benzene rings is 2. The van der Waals surface area contributed by atoms with Crippen molar-refractivity contribution in [2.75, 3.05) is 19.5 Å². The van der Waals surface area contributed by atoms with Gasteiger partial charge in [0, 0.05) is 6.26 Å². The molecule has 0 amide bonds. The molecule has 2 aromatic rings. The van der Waals surface area contributed by atoms with Crippen molar-refractivity contribution in [3.05, 3.63) is 58.7 Å². The van der Waals surface area contributed by atoms with Crippen LogP contribution in [-0.4, -0.2) is 67.0 Å². The maximum absolute atomic E-state index is 12.1. The van der Waals surface area contributed by atoms with Gasteiger partial charge in [-0.3, -0.25) is 0 Å². The molecule has 0 radical (unpaired) electrons. The van der Waals surface area contributed by atoms with Crippen LogP contribution in [0.1, 0.15) is 47.1 Å². The number of fused-ring (bicyclic) bond motifs is 1. The zero-order valence-electron chi connectivity index (χ0n) is 18.3. The topological polar surface area (TPSA) is 123 Å². The van der Waals surface area contributed by atoms with E-state index in [4.69, 9.17) is 14.2 Å². The van der Waals surface area contributed by atoms with Crippen molar-refractivity contribution < 1.29 is 37.9 Å². The van der Waals surface area contributed by atoms with E-state index >= 15 is 0 Å². The predicted octanol–water partition coefficient (Wildman–Crippen LogP) is 1.45. The van der Waals surface area contributed by atoms with Gasteiger partial charge in [-0.2, -0.15) is 0 Å². The number of ether oxygens (including phenoxy) is 3. The molecule has 2 fully saturated rings. The van der Waals surface area contributed by atoms with E-state index in [1.807, 2.05) is 30.3 Å². The second-order valence-corrected chi connectivity index (χ2v) is 11.2. The highest BCUT2D eigenvalue weighted by Gasteiger charge is 2.48. The van der Waals surface area contributed by atoms with Crippen LogP contribution in [0.15, 0.2) is 36.4 Å². The molecule has 0 unspecified atom stereocenters. The lowest BCUT2D eigenvalue weighted by molar-refractivity contribution is -0.202. The third-order valence-corrected chi connectivity index (χ3v) is 7.74. The first kappa shape index (κ1) is 22.6. The number of aliphatic hydroxyl groups is 3.